The zero-order chi connectivity index (χ0) is 24.2. The molecule has 0 bridgehead atoms. The van der Waals surface area contributed by atoms with Gasteiger partial charge in [0.1, 0.15) is 23.6 Å². The first-order valence-corrected chi connectivity index (χ1v) is 10.3. The van der Waals surface area contributed by atoms with Crippen LogP contribution in [-0.4, -0.2) is 40.6 Å². The highest BCUT2D eigenvalue weighted by atomic mass is 35.5. The maximum absolute atomic E-state index is 11.6. The number of hydrogen-bond acceptors (Lipinski definition) is 7. The Kier molecular flexibility index (Phi) is 10.1. The SMILES string of the molecule is COc1ccc(Oc2ccc(CNC(=O)C(C)CO)cc2)c(Cl)c1.NC(=O)c1cncnc1. The van der Waals surface area contributed by atoms with Crippen LogP contribution in [0.5, 0.6) is 17.2 Å². The van der Waals surface area contributed by atoms with Gasteiger partial charge in [0.25, 0.3) is 5.91 Å². The fourth-order valence-corrected chi connectivity index (χ4v) is 2.58. The second kappa shape index (κ2) is 13.0. The summed E-state index contributed by atoms with van der Waals surface area (Å²) in [6, 6.07) is 12.5. The summed E-state index contributed by atoms with van der Waals surface area (Å²) in [5.41, 5.74) is 6.16. The van der Waals surface area contributed by atoms with E-state index in [-0.39, 0.29) is 12.5 Å². The van der Waals surface area contributed by atoms with Crippen molar-refractivity contribution in [1.82, 2.24) is 15.3 Å². The van der Waals surface area contributed by atoms with Crippen molar-refractivity contribution in [3.63, 3.8) is 0 Å². The molecule has 0 spiro atoms. The van der Waals surface area contributed by atoms with Crippen LogP contribution in [0.2, 0.25) is 5.02 Å². The molecule has 174 valence electrons. The van der Waals surface area contributed by atoms with Crippen LogP contribution in [0.4, 0.5) is 0 Å². The quantitative estimate of drug-likeness (QED) is 0.458. The van der Waals surface area contributed by atoms with Gasteiger partial charge >= 0.3 is 0 Å². The maximum atomic E-state index is 11.6. The lowest BCUT2D eigenvalue weighted by Gasteiger charge is -2.11. The number of ether oxygens (including phenoxy) is 2. The van der Waals surface area contributed by atoms with E-state index in [4.69, 9.17) is 31.9 Å². The summed E-state index contributed by atoms with van der Waals surface area (Å²) in [7, 11) is 1.57. The molecule has 1 atom stereocenters. The van der Waals surface area contributed by atoms with Crippen LogP contribution < -0.4 is 20.5 Å². The molecular weight excluding hydrogens is 448 g/mol. The molecule has 0 fully saturated rings. The number of nitrogens with two attached hydrogens (primary N) is 1. The summed E-state index contributed by atoms with van der Waals surface area (Å²) in [6.07, 6.45) is 4.08. The number of aliphatic hydroxyl groups excluding tert-OH is 1. The van der Waals surface area contributed by atoms with Crippen molar-refractivity contribution in [3.8, 4) is 17.2 Å². The maximum Gasteiger partial charge on any atom is 0.251 e. The number of nitrogens with one attached hydrogen (secondary N) is 1. The van der Waals surface area contributed by atoms with Crippen molar-refractivity contribution in [3.05, 3.63) is 77.3 Å². The van der Waals surface area contributed by atoms with Crippen molar-refractivity contribution < 1.29 is 24.2 Å². The normalized spacial score (nSPS) is 10.9. The Morgan fingerprint density at radius 3 is 2.27 bits per heavy atom. The van der Waals surface area contributed by atoms with E-state index in [0.717, 1.165) is 5.56 Å². The van der Waals surface area contributed by atoms with E-state index in [1.807, 2.05) is 12.1 Å². The average Bonchev–Trinajstić information content (AvgIpc) is 2.85. The second-order valence-corrected chi connectivity index (χ2v) is 7.24. The third-order valence-electron chi connectivity index (χ3n) is 4.32. The standard InChI is InChI=1S/C18H20ClNO4.C5H5N3O/c1-12(11-21)18(22)20-10-13-3-5-14(6-4-13)24-17-8-7-15(23-2)9-16(17)19;6-5(9)4-1-7-3-8-2-4/h3-9,12,21H,10-11H2,1-2H3,(H,20,22);1-3H,(H2,6,9). The monoisotopic (exact) mass is 472 g/mol. The number of nitrogens with zero attached hydrogens (tertiary/aromatic N) is 2. The molecule has 2 aromatic carbocycles. The molecule has 1 heterocycles. The number of hydrogen-bond donors (Lipinski definition) is 3. The van der Waals surface area contributed by atoms with Crippen molar-refractivity contribution in [1.29, 1.82) is 0 Å². The van der Waals surface area contributed by atoms with Crippen molar-refractivity contribution in [2.24, 2.45) is 11.7 Å². The van der Waals surface area contributed by atoms with Gasteiger partial charge in [-0.05, 0) is 29.8 Å². The molecule has 3 aromatic rings. The molecule has 1 aromatic heterocycles. The number of carbonyl (C=O) groups is 2. The van der Waals surface area contributed by atoms with Crippen LogP contribution in [0.15, 0.2) is 61.2 Å². The van der Waals surface area contributed by atoms with E-state index in [1.54, 1.807) is 44.4 Å². The van der Waals surface area contributed by atoms with Crippen LogP contribution in [0.25, 0.3) is 0 Å². The number of amides is 2. The van der Waals surface area contributed by atoms with Crippen LogP contribution in [0, 0.1) is 5.92 Å². The summed E-state index contributed by atoms with van der Waals surface area (Å²) in [6.45, 7) is 1.90. The molecule has 0 aliphatic rings. The minimum Gasteiger partial charge on any atom is -0.497 e. The second-order valence-electron chi connectivity index (χ2n) is 6.84. The summed E-state index contributed by atoms with van der Waals surface area (Å²) >= 11 is 6.14. The van der Waals surface area contributed by atoms with E-state index in [2.05, 4.69) is 15.3 Å². The number of aromatic nitrogens is 2. The highest BCUT2D eigenvalue weighted by Gasteiger charge is 2.10. The van der Waals surface area contributed by atoms with Gasteiger partial charge in [0.2, 0.25) is 5.91 Å². The molecule has 0 saturated carbocycles. The molecule has 0 radical (unpaired) electrons. The zero-order valence-corrected chi connectivity index (χ0v) is 19.0. The molecule has 0 aliphatic carbocycles. The number of carbonyl (C=O) groups excluding carboxylic acids is 2. The lowest BCUT2D eigenvalue weighted by atomic mass is 10.1. The topological polar surface area (TPSA) is 137 Å². The van der Waals surface area contributed by atoms with Gasteiger partial charge in [0.05, 0.1) is 30.2 Å². The lowest BCUT2D eigenvalue weighted by Crippen LogP contribution is -2.30. The number of methoxy groups -OCH3 is 1. The molecule has 10 heteroatoms. The number of benzene rings is 2. The fraction of sp³-hybridized carbons (Fsp3) is 0.217. The minimum atomic E-state index is -0.504. The van der Waals surface area contributed by atoms with Gasteiger partial charge in [0, 0.05) is 25.0 Å². The van der Waals surface area contributed by atoms with E-state index >= 15 is 0 Å². The first-order chi connectivity index (χ1) is 15.8. The molecule has 1 unspecified atom stereocenters. The fourth-order valence-electron chi connectivity index (χ4n) is 2.37. The van der Waals surface area contributed by atoms with E-state index < -0.39 is 11.8 Å². The Morgan fingerprint density at radius 2 is 1.76 bits per heavy atom. The van der Waals surface area contributed by atoms with Gasteiger partial charge in [-0.3, -0.25) is 9.59 Å². The Morgan fingerprint density at radius 1 is 1.12 bits per heavy atom. The first kappa shape index (κ1) is 25.6. The number of primary amides is 1. The van der Waals surface area contributed by atoms with Crippen LogP contribution in [-0.2, 0) is 11.3 Å². The van der Waals surface area contributed by atoms with Gasteiger partial charge in [-0.15, -0.1) is 0 Å². The molecule has 3 rings (SSSR count). The Balaban J connectivity index is 0.000000357. The number of rotatable bonds is 8. The van der Waals surface area contributed by atoms with E-state index in [0.29, 0.717) is 34.4 Å². The van der Waals surface area contributed by atoms with Crippen LogP contribution in [0.3, 0.4) is 0 Å². The van der Waals surface area contributed by atoms with Crippen molar-refractivity contribution >= 4 is 23.4 Å². The highest BCUT2D eigenvalue weighted by molar-refractivity contribution is 6.32. The molecular formula is C23H25ClN4O5. The molecule has 4 N–H and O–H groups in total. The zero-order valence-electron chi connectivity index (χ0n) is 18.2. The third-order valence-corrected chi connectivity index (χ3v) is 4.62. The van der Waals surface area contributed by atoms with Gasteiger partial charge in [-0.25, -0.2) is 9.97 Å². The lowest BCUT2D eigenvalue weighted by molar-refractivity contribution is -0.125. The Bertz CT molecular complexity index is 1050. The predicted molar refractivity (Wildman–Crippen MR) is 123 cm³/mol. The van der Waals surface area contributed by atoms with Crippen LogP contribution >= 0.6 is 11.6 Å². The predicted octanol–water partition coefficient (Wildman–Crippen LogP) is 2.96. The van der Waals surface area contributed by atoms with E-state index in [9.17, 15) is 9.59 Å². The van der Waals surface area contributed by atoms with Gasteiger partial charge < -0.3 is 25.6 Å². The average molecular weight is 473 g/mol. The molecule has 0 saturated heterocycles. The third kappa shape index (κ3) is 8.40. The summed E-state index contributed by atoms with van der Waals surface area (Å²) in [4.78, 5) is 29.2. The van der Waals surface area contributed by atoms with Gasteiger partial charge in [-0.2, -0.15) is 0 Å². The summed E-state index contributed by atoms with van der Waals surface area (Å²) in [5.74, 6) is 0.745. The number of aliphatic hydroxyl groups is 1. The molecule has 2 amide bonds. The van der Waals surface area contributed by atoms with Gasteiger partial charge in [0.15, 0.2) is 0 Å². The summed E-state index contributed by atoms with van der Waals surface area (Å²) in [5, 5.41) is 12.2. The van der Waals surface area contributed by atoms with Gasteiger partial charge in [-0.1, -0.05) is 30.7 Å². The largest absolute Gasteiger partial charge is 0.497 e. The van der Waals surface area contributed by atoms with Crippen molar-refractivity contribution in [2.45, 2.75) is 13.5 Å². The molecule has 0 aliphatic heterocycles. The first-order valence-electron chi connectivity index (χ1n) is 9.87. The van der Waals surface area contributed by atoms with Crippen molar-refractivity contribution in [2.75, 3.05) is 13.7 Å². The molecule has 9 nitrogen and oxygen atoms in total. The Hall–Kier alpha value is -3.69. The smallest absolute Gasteiger partial charge is 0.251 e. The minimum absolute atomic E-state index is 0.165. The van der Waals surface area contributed by atoms with Crippen LogP contribution in [0.1, 0.15) is 22.8 Å². The summed E-state index contributed by atoms with van der Waals surface area (Å²) < 4.78 is 10.8. The highest BCUT2D eigenvalue weighted by Crippen LogP contribution is 2.32. The number of halogens is 1. The Labute approximate surface area is 196 Å². The van der Waals surface area contributed by atoms with E-state index in [1.165, 1.54) is 18.7 Å². The molecule has 33 heavy (non-hydrogen) atoms.